The van der Waals surface area contributed by atoms with Gasteiger partial charge >= 0.3 is 0 Å². The molecular weight excluding hydrogens is 327 g/mol. The van der Waals surface area contributed by atoms with Crippen molar-refractivity contribution in [2.45, 2.75) is 19.8 Å². The fraction of sp³-hybridized carbons (Fsp3) is 0.273. The lowest BCUT2D eigenvalue weighted by molar-refractivity contribution is 0.563. The standard InChI is InChI=1S/C11H9BrClF2N3/c1-2-3-9-16-17-11(13)18(9)10-7(14)4-6(12)5-8(10)15/h4-5H,2-3H2,1H3. The molecule has 1 heterocycles. The Labute approximate surface area is 116 Å². The molecule has 0 spiro atoms. The van der Waals surface area contributed by atoms with Crippen molar-refractivity contribution in [1.82, 2.24) is 14.8 Å². The summed E-state index contributed by atoms with van der Waals surface area (Å²) < 4.78 is 29.3. The molecule has 0 aliphatic rings. The van der Waals surface area contributed by atoms with Crippen LogP contribution in [-0.4, -0.2) is 14.8 Å². The van der Waals surface area contributed by atoms with E-state index in [9.17, 15) is 8.78 Å². The molecule has 0 aliphatic carbocycles. The first-order chi connectivity index (χ1) is 8.54. The van der Waals surface area contributed by atoms with E-state index in [0.29, 0.717) is 16.7 Å². The van der Waals surface area contributed by atoms with Crippen LogP contribution in [0.15, 0.2) is 16.6 Å². The van der Waals surface area contributed by atoms with Gasteiger partial charge in [0.2, 0.25) is 5.28 Å². The van der Waals surface area contributed by atoms with Crippen LogP contribution in [0.2, 0.25) is 5.28 Å². The number of hydrogen-bond donors (Lipinski definition) is 0. The van der Waals surface area contributed by atoms with E-state index in [2.05, 4.69) is 26.1 Å². The van der Waals surface area contributed by atoms with E-state index >= 15 is 0 Å². The van der Waals surface area contributed by atoms with Crippen molar-refractivity contribution in [3.8, 4) is 5.69 Å². The average molecular weight is 337 g/mol. The van der Waals surface area contributed by atoms with Gasteiger partial charge in [-0.15, -0.1) is 10.2 Å². The van der Waals surface area contributed by atoms with Gasteiger partial charge in [0.05, 0.1) is 0 Å². The maximum atomic E-state index is 13.9. The fourth-order valence-corrected chi connectivity index (χ4v) is 2.27. The molecule has 0 saturated carbocycles. The smallest absolute Gasteiger partial charge is 0.229 e. The van der Waals surface area contributed by atoms with Crippen molar-refractivity contribution in [2.24, 2.45) is 0 Å². The third-order valence-corrected chi connectivity index (χ3v) is 3.07. The predicted molar refractivity (Wildman–Crippen MR) is 68.0 cm³/mol. The zero-order chi connectivity index (χ0) is 13.3. The Morgan fingerprint density at radius 1 is 1.28 bits per heavy atom. The van der Waals surface area contributed by atoms with Crippen LogP contribution in [0.3, 0.4) is 0 Å². The minimum Gasteiger partial charge on any atom is -0.264 e. The van der Waals surface area contributed by atoms with Crippen LogP contribution in [-0.2, 0) is 6.42 Å². The molecule has 0 unspecified atom stereocenters. The molecule has 96 valence electrons. The second-order valence-corrected chi connectivity index (χ2v) is 4.94. The molecule has 3 nitrogen and oxygen atoms in total. The van der Waals surface area contributed by atoms with E-state index in [4.69, 9.17) is 11.6 Å². The van der Waals surface area contributed by atoms with Crippen LogP contribution in [0.4, 0.5) is 8.78 Å². The van der Waals surface area contributed by atoms with Crippen LogP contribution in [0.1, 0.15) is 19.2 Å². The van der Waals surface area contributed by atoms with Gasteiger partial charge in [0.1, 0.15) is 11.5 Å². The van der Waals surface area contributed by atoms with Crippen molar-refractivity contribution < 1.29 is 8.78 Å². The Balaban J connectivity index is 2.65. The molecule has 0 fully saturated rings. The molecule has 2 rings (SSSR count). The van der Waals surface area contributed by atoms with Crippen molar-refractivity contribution in [2.75, 3.05) is 0 Å². The van der Waals surface area contributed by atoms with Gasteiger partial charge < -0.3 is 0 Å². The molecule has 0 aliphatic heterocycles. The van der Waals surface area contributed by atoms with Gasteiger partial charge in [-0.1, -0.05) is 22.9 Å². The second kappa shape index (κ2) is 5.32. The number of aromatic nitrogens is 3. The van der Waals surface area contributed by atoms with E-state index in [-0.39, 0.29) is 11.0 Å². The summed E-state index contributed by atoms with van der Waals surface area (Å²) >= 11 is 8.87. The van der Waals surface area contributed by atoms with Gasteiger partial charge in [0, 0.05) is 10.9 Å². The zero-order valence-electron chi connectivity index (χ0n) is 9.42. The molecule has 1 aromatic heterocycles. The van der Waals surface area contributed by atoms with Crippen molar-refractivity contribution in [3.05, 3.63) is 39.3 Å². The highest BCUT2D eigenvalue weighted by Crippen LogP contribution is 2.26. The minimum atomic E-state index is -0.721. The normalized spacial score (nSPS) is 10.9. The summed E-state index contributed by atoms with van der Waals surface area (Å²) in [7, 11) is 0. The third kappa shape index (κ3) is 2.40. The number of nitrogens with zero attached hydrogens (tertiary/aromatic N) is 3. The van der Waals surface area contributed by atoms with Crippen molar-refractivity contribution in [3.63, 3.8) is 0 Å². The summed E-state index contributed by atoms with van der Waals surface area (Å²) in [5, 5.41) is 7.42. The Bertz CT molecular complexity index is 563. The summed E-state index contributed by atoms with van der Waals surface area (Å²) in [4.78, 5) is 0. The third-order valence-electron chi connectivity index (χ3n) is 2.37. The highest BCUT2D eigenvalue weighted by Gasteiger charge is 2.19. The quantitative estimate of drug-likeness (QED) is 0.851. The van der Waals surface area contributed by atoms with Gasteiger partial charge in [0.15, 0.2) is 11.6 Å². The summed E-state index contributed by atoms with van der Waals surface area (Å²) in [5.41, 5.74) is -0.253. The highest BCUT2D eigenvalue weighted by molar-refractivity contribution is 9.10. The van der Waals surface area contributed by atoms with Crippen LogP contribution >= 0.6 is 27.5 Å². The maximum absolute atomic E-state index is 13.9. The SMILES string of the molecule is CCCc1nnc(Cl)n1-c1c(F)cc(Br)cc1F. The molecule has 0 radical (unpaired) electrons. The van der Waals surface area contributed by atoms with Crippen LogP contribution in [0, 0.1) is 11.6 Å². The number of benzene rings is 1. The summed E-state index contributed by atoms with van der Waals surface area (Å²) in [6.45, 7) is 1.93. The molecular formula is C11H9BrClF2N3. The van der Waals surface area contributed by atoms with E-state index in [1.807, 2.05) is 6.92 Å². The Hall–Kier alpha value is -1.01. The topological polar surface area (TPSA) is 30.7 Å². The van der Waals surface area contributed by atoms with Gasteiger partial charge in [0.25, 0.3) is 0 Å². The lowest BCUT2D eigenvalue weighted by atomic mass is 10.2. The zero-order valence-corrected chi connectivity index (χ0v) is 11.8. The van der Waals surface area contributed by atoms with Crippen molar-refractivity contribution in [1.29, 1.82) is 0 Å². The maximum Gasteiger partial charge on any atom is 0.229 e. The highest BCUT2D eigenvalue weighted by atomic mass is 79.9. The number of rotatable bonds is 3. The van der Waals surface area contributed by atoms with E-state index in [1.165, 1.54) is 16.7 Å². The molecule has 0 amide bonds. The molecule has 0 N–H and O–H groups in total. The lowest BCUT2D eigenvalue weighted by Gasteiger charge is -2.10. The first kappa shape index (κ1) is 13.4. The summed E-state index contributed by atoms with van der Waals surface area (Å²) in [5.74, 6) is -1.01. The number of aryl methyl sites for hydroxylation is 1. The van der Waals surface area contributed by atoms with E-state index in [1.54, 1.807) is 0 Å². The lowest BCUT2D eigenvalue weighted by Crippen LogP contribution is -2.06. The van der Waals surface area contributed by atoms with Gasteiger partial charge in [-0.25, -0.2) is 8.78 Å². The predicted octanol–water partition coefficient (Wildman–Crippen LogP) is 3.91. The van der Waals surface area contributed by atoms with Crippen LogP contribution < -0.4 is 0 Å². The second-order valence-electron chi connectivity index (χ2n) is 3.69. The summed E-state index contributed by atoms with van der Waals surface area (Å²) in [6.07, 6.45) is 1.31. The first-order valence-electron chi connectivity index (χ1n) is 5.29. The minimum absolute atomic E-state index is 0.0569. The number of hydrogen-bond acceptors (Lipinski definition) is 2. The van der Waals surface area contributed by atoms with Gasteiger partial charge in [-0.2, -0.15) is 0 Å². The van der Waals surface area contributed by atoms with E-state index in [0.717, 1.165) is 6.42 Å². The molecule has 0 bridgehead atoms. The van der Waals surface area contributed by atoms with Gasteiger partial charge in [-0.3, -0.25) is 4.57 Å². The molecule has 7 heteroatoms. The average Bonchev–Trinajstić information content (AvgIpc) is 2.61. The largest absolute Gasteiger partial charge is 0.264 e. The molecule has 2 aromatic rings. The molecule has 18 heavy (non-hydrogen) atoms. The summed E-state index contributed by atoms with van der Waals surface area (Å²) in [6, 6.07) is 2.34. The van der Waals surface area contributed by atoms with E-state index < -0.39 is 11.6 Å². The van der Waals surface area contributed by atoms with Crippen molar-refractivity contribution >= 4 is 27.5 Å². The van der Waals surface area contributed by atoms with Crippen LogP contribution in [0.25, 0.3) is 5.69 Å². The molecule has 0 saturated heterocycles. The monoisotopic (exact) mass is 335 g/mol. The molecule has 0 atom stereocenters. The fourth-order valence-electron chi connectivity index (χ4n) is 1.65. The van der Waals surface area contributed by atoms with Crippen LogP contribution in [0.5, 0.6) is 0 Å². The Kier molecular flexibility index (Phi) is 3.97. The Morgan fingerprint density at radius 3 is 2.44 bits per heavy atom. The van der Waals surface area contributed by atoms with Gasteiger partial charge in [-0.05, 0) is 30.2 Å². The molecule has 1 aromatic carbocycles. The first-order valence-corrected chi connectivity index (χ1v) is 6.46. The Morgan fingerprint density at radius 2 is 1.89 bits per heavy atom. The number of halogens is 4.